The van der Waals surface area contributed by atoms with E-state index in [4.69, 9.17) is 5.11 Å². The predicted octanol–water partition coefficient (Wildman–Crippen LogP) is 1.17. The minimum Gasteiger partial charge on any atom is -0.395 e. The quantitative estimate of drug-likeness (QED) is 0.838. The first-order valence-corrected chi connectivity index (χ1v) is 4.68. The molecule has 0 aliphatic heterocycles. The van der Waals surface area contributed by atoms with Gasteiger partial charge in [-0.05, 0) is 28.1 Å². The van der Waals surface area contributed by atoms with Gasteiger partial charge in [-0.15, -0.1) is 0 Å². The van der Waals surface area contributed by atoms with Crippen molar-refractivity contribution in [1.29, 1.82) is 0 Å². The molecule has 0 spiro atoms. The second-order valence-corrected chi connectivity index (χ2v) is 3.31. The van der Waals surface area contributed by atoms with Gasteiger partial charge in [0.05, 0.1) is 12.2 Å². The number of halogens is 1. The summed E-state index contributed by atoms with van der Waals surface area (Å²) in [5, 5.41) is 11.1. The van der Waals surface area contributed by atoms with E-state index in [1.165, 1.54) is 0 Å². The Balaban J connectivity index is 2.71. The second-order valence-electron chi connectivity index (χ2n) is 2.46. The van der Waals surface area contributed by atoms with Crippen molar-refractivity contribution >= 4 is 21.8 Å². The van der Waals surface area contributed by atoms with Crippen molar-refractivity contribution < 1.29 is 9.90 Å². The predicted molar refractivity (Wildman–Crippen MR) is 53.6 cm³/mol. The number of rotatable bonds is 3. The molecule has 0 aliphatic rings. The number of hydrogen-bond acceptors (Lipinski definition) is 2. The lowest BCUT2D eigenvalue weighted by Crippen LogP contribution is -2.26. The lowest BCUT2D eigenvalue weighted by atomic mass is 10.2. The third kappa shape index (κ3) is 2.82. The normalized spacial score (nSPS) is 9.69. The maximum atomic E-state index is 11.4. The lowest BCUT2D eigenvalue weighted by Gasteiger charge is -2.04. The summed E-state index contributed by atoms with van der Waals surface area (Å²) in [5.74, 6) is -0.179. The van der Waals surface area contributed by atoms with E-state index in [0.717, 1.165) is 4.47 Å². The third-order valence-electron chi connectivity index (χ3n) is 1.52. The van der Waals surface area contributed by atoms with Gasteiger partial charge in [-0.2, -0.15) is 0 Å². The fraction of sp³-hybridized carbons (Fsp3) is 0.222. The van der Waals surface area contributed by atoms with Crippen molar-refractivity contribution in [2.75, 3.05) is 13.2 Å². The van der Waals surface area contributed by atoms with Gasteiger partial charge in [0.2, 0.25) is 0 Å². The largest absolute Gasteiger partial charge is 0.395 e. The maximum absolute atomic E-state index is 11.4. The van der Waals surface area contributed by atoms with Crippen molar-refractivity contribution in [3.63, 3.8) is 0 Å². The van der Waals surface area contributed by atoms with E-state index in [0.29, 0.717) is 5.56 Å². The van der Waals surface area contributed by atoms with Gasteiger partial charge in [0.15, 0.2) is 0 Å². The van der Waals surface area contributed by atoms with Crippen LogP contribution in [0, 0.1) is 0 Å². The fourth-order valence-electron chi connectivity index (χ4n) is 0.910. The molecule has 70 valence electrons. The summed E-state index contributed by atoms with van der Waals surface area (Å²) in [5.41, 5.74) is 0.580. The molecule has 0 bridgehead atoms. The van der Waals surface area contributed by atoms with Crippen LogP contribution < -0.4 is 5.32 Å². The van der Waals surface area contributed by atoms with Crippen LogP contribution in [0.1, 0.15) is 10.4 Å². The van der Waals surface area contributed by atoms with Crippen LogP contribution in [-0.2, 0) is 0 Å². The zero-order valence-corrected chi connectivity index (χ0v) is 8.54. The number of carbonyl (C=O) groups is 1. The van der Waals surface area contributed by atoms with Gasteiger partial charge < -0.3 is 10.4 Å². The zero-order valence-electron chi connectivity index (χ0n) is 6.96. The molecule has 13 heavy (non-hydrogen) atoms. The van der Waals surface area contributed by atoms with E-state index in [1.807, 2.05) is 6.07 Å². The second kappa shape index (κ2) is 4.99. The molecule has 1 amide bonds. The molecule has 0 fully saturated rings. The van der Waals surface area contributed by atoms with E-state index < -0.39 is 0 Å². The Bertz CT molecular complexity index is 301. The smallest absolute Gasteiger partial charge is 0.252 e. The number of aliphatic hydroxyl groups excluding tert-OH is 1. The average Bonchev–Trinajstić information content (AvgIpc) is 2.15. The highest BCUT2D eigenvalue weighted by molar-refractivity contribution is 9.10. The zero-order chi connectivity index (χ0) is 9.68. The van der Waals surface area contributed by atoms with Crippen molar-refractivity contribution in [1.82, 2.24) is 5.32 Å². The van der Waals surface area contributed by atoms with Gasteiger partial charge >= 0.3 is 0 Å². The molecule has 0 heterocycles. The third-order valence-corrected chi connectivity index (χ3v) is 2.21. The Morgan fingerprint density at radius 2 is 2.15 bits per heavy atom. The molecule has 0 saturated carbocycles. The lowest BCUT2D eigenvalue weighted by molar-refractivity contribution is 0.0944. The Labute approximate surface area is 84.9 Å². The minimum absolute atomic E-state index is 0.0454. The summed E-state index contributed by atoms with van der Waals surface area (Å²) in [6, 6.07) is 7.15. The Kier molecular flexibility index (Phi) is 3.92. The van der Waals surface area contributed by atoms with E-state index >= 15 is 0 Å². The molecule has 0 unspecified atom stereocenters. The number of carbonyl (C=O) groups excluding carboxylic acids is 1. The van der Waals surface area contributed by atoms with Gasteiger partial charge in [0.1, 0.15) is 0 Å². The molecule has 0 aliphatic carbocycles. The van der Waals surface area contributed by atoms with Crippen LogP contribution in [0.15, 0.2) is 28.7 Å². The van der Waals surface area contributed by atoms with Crippen molar-refractivity contribution in [3.8, 4) is 0 Å². The van der Waals surface area contributed by atoms with E-state index in [2.05, 4.69) is 21.2 Å². The van der Waals surface area contributed by atoms with Gasteiger partial charge in [-0.3, -0.25) is 4.79 Å². The Morgan fingerprint density at radius 3 is 2.77 bits per heavy atom. The summed E-state index contributed by atoms with van der Waals surface area (Å²) >= 11 is 3.27. The first-order chi connectivity index (χ1) is 6.25. The molecular formula is C9H10BrNO2. The highest BCUT2D eigenvalue weighted by Crippen LogP contribution is 2.15. The average molecular weight is 244 g/mol. The molecule has 1 aromatic rings. The van der Waals surface area contributed by atoms with Crippen molar-refractivity contribution in [2.24, 2.45) is 0 Å². The Morgan fingerprint density at radius 1 is 1.46 bits per heavy atom. The van der Waals surface area contributed by atoms with Crippen LogP contribution in [0.3, 0.4) is 0 Å². The Hall–Kier alpha value is -0.870. The molecule has 4 heteroatoms. The van der Waals surface area contributed by atoms with Crippen LogP contribution in [0.5, 0.6) is 0 Å². The number of hydrogen-bond donors (Lipinski definition) is 2. The van der Waals surface area contributed by atoms with E-state index in [9.17, 15) is 4.79 Å². The number of amides is 1. The van der Waals surface area contributed by atoms with E-state index in [-0.39, 0.29) is 19.1 Å². The molecule has 0 aromatic heterocycles. The van der Waals surface area contributed by atoms with Gasteiger partial charge in [-0.1, -0.05) is 12.1 Å². The number of aliphatic hydroxyl groups is 1. The van der Waals surface area contributed by atoms with Crippen LogP contribution in [0.2, 0.25) is 0 Å². The molecule has 1 aromatic carbocycles. The maximum Gasteiger partial charge on any atom is 0.252 e. The summed E-state index contributed by atoms with van der Waals surface area (Å²) in [7, 11) is 0. The standard InChI is InChI=1S/C9H10BrNO2/c10-8-4-2-1-3-7(8)9(13)11-5-6-12/h1-4,12H,5-6H2,(H,11,13). The van der Waals surface area contributed by atoms with Gasteiger partial charge in [-0.25, -0.2) is 0 Å². The molecule has 1 rings (SSSR count). The molecule has 3 nitrogen and oxygen atoms in total. The SMILES string of the molecule is O=C(NCCO)c1ccccc1Br. The van der Waals surface area contributed by atoms with Gasteiger partial charge in [0, 0.05) is 11.0 Å². The molecule has 2 N–H and O–H groups in total. The summed E-state index contributed by atoms with van der Waals surface area (Å²) < 4.78 is 0.755. The molecule has 0 saturated heterocycles. The molecule has 0 radical (unpaired) electrons. The number of nitrogens with one attached hydrogen (secondary N) is 1. The highest BCUT2D eigenvalue weighted by Gasteiger charge is 2.06. The summed E-state index contributed by atoms with van der Waals surface area (Å²) in [6.07, 6.45) is 0. The topological polar surface area (TPSA) is 49.3 Å². The van der Waals surface area contributed by atoms with Crippen LogP contribution >= 0.6 is 15.9 Å². The summed E-state index contributed by atoms with van der Waals surface area (Å²) in [4.78, 5) is 11.4. The number of benzene rings is 1. The highest BCUT2D eigenvalue weighted by atomic mass is 79.9. The molecule has 0 atom stereocenters. The van der Waals surface area contributed by atoms with Gasteiger partial charge in [0.25, 0.3) is 5.91 Å². The van der Waals surface area contributed by atoms with Crippen LogP contribution in [0.4, 0.5) is 0 Å². The first-order valence-electron chi connectivity index (χ1n) is 3.89. The first kappa shape index (κ1) is 10.2. The molecular weight excluding hydrogens is 234 g/mol. The van der Waals surface area contributed by atoms with Crippen LogP contribution in [-0.4, -0.2) is 24.2 Å². The fourth-order valence-corrected chi connectivity index (χ4v) is 1.37. The monoisotopic (exact) mass is 243 g/mol. The van der Waals surface area contributed by atoms with Crippen molar-refractivity contribution in [3.05, 3.63) is 34.3 Å². The minimum atomic E-state index is -0.179. The van der Waals surface area contributed by atoms with E-state index in [1.54, 1.807) is 18.2 Å². The van der Waals surface area contributed by atoms with Crippen LogP contribution in [0.25, 0.3) is 0 Å². The van der Waals surface area contributed by atoms with Crippen molar-refractivity contribution in [2.45, 2.75) is 0 Å². The summed E-state index contributed by atoms with van der Waals surface area (Å²) in [6.45, 7) is 0.233.